The number of nitrogens with zero attached hydrogens (tertiary/aromatic N) is 2. The maximum atomic E-state index is 11.1. The molecule has 0 N–H and O–H groups in total. The fourth-order valence-corrected chi connectivity index (χ4v) is 1.51. The zero-order chi connectivity index (χ0) is 12.3. The molecule has 2 rings (SSSR count). The van der Waals surface area contributed by atoms with Gasteiger partial charge in [-0.2, -0.15) is 5.10 Å². The highest BCUT2D eigenvalue weighted by atomic mass is 16.5. The molecule has 0 bridgehead atoms. The Morgan fingerprint density at radius 3 is 3.12 bits per heavy atom. The zero-order valence-electron chi connectivity index (χ0n) is 9.73. The zero-order valence-corrected chi connectivity index (χ0v) is 9.73. The summed E-state index contributed by atoms with van der Waals surface area (Å²) in [6.07, 6.45) is 1.79. The number of fused-ring (bicyclic) bond motifs is 1. The molecular weight excluding hydrogens is 216 g/mol. The van der Waals surface area contributed by atoms with Crippen LogP contribution in [0.25, 0.3) is 10.9 Å². The molecule has 1 aromatic heterocycles. The molecule has 0 saturated heterocycles. The third kappa shape index (κ3) is 2.45. The molecule has 0 atom stereocenters. The molecule has 4 heteroatoms. The van der Waals surface area contributed by atoms with E-state index in [2.05, 4.69) is 16.9 Å². The summed E-state index contributed by atoms with van der Waals surface area (Å²) in [6, 6.07) is 5.68. The van der Waals surface area contributed by atoms with Gasteiger partial charge in [0.25, 0.3) is 0 Å². The third-order valence-electron chi connectivity index (χ3n) is 2.33. The van der Waals surface area contributed by atoms with Gasteiger partial charge in [-0.25, -0.2) is 4.79 Å². The van der Waals surface area contributed by atoms with Gasteiger partial charge in [-0.1, -0.05) is 5.92 Å². The molecule has 0 amide bonds. The monoisotopic (exact) mass is 228 g/mol. The van der Waals surface area contributed by atoms with Gasteiger partial charge in [0, 0.05) is 23.9 Å². The summed E-state index contributed by atoms with van der Waals surface area (Å²) in [5.41, 5.74) is 1.76. The van der Waals surface area contributed by atoms with Crippen LogP contribution in [0.5, 0.6) is 0 Å². The second kappa shape index (κ2) is 4.71. The van der Waals surface area contributed by atoms with Crippen molar-refractivity contribution in [2.45, 2.75) is 6.92 Å². The minimum absolute atomic E-state index is 0.342. The van der Waals surface area contributed by atoms with E-state index in [1.807, 2.05) is 25.2 Å². The number of esters is 1. The molecule has 0 radical (unpaired) electrons. The molecule has 1 aromatic carbocycles. The molecule has 17 heavy (non-hydrogen) atoms. The van der Waals surface area contributed by atoms with E-state index in [1.165, 1.54) is 0 Å². The standard InChI is InChI=1S/C13H12N2O2/c1-3-17-13(16)7-5-10-4-6-11-9-14-15(2)12(11)8-10/h4,6,8-9H,3H2,1-2H3. The van der Waals surface area contributed by atoms with E-state index < -0.39 is 5.97 Å². The van der Waals surface area contributed by atoms with Crippen molar-refractivity contribution in [2.75, 3.05) is 6.61 Å². The molecule has 0 unspecified atom stereocenters. The van der Waals surface area contributed by atoms with Crippen molar-refractivity contribution in [1.29, 1.82) is 0 Å². The molecule has 2 aromatic rings. The van der Waals surface area contributed by atoms with Gasteiger partial charge in [0.2, 0.25) is 0 Å². The Hall–Kier alpha value is -2.28. The van der Waals surface area contributed by atoms with E-state index in [4.69, 9.17) is 4.74 Å². The average molecular weight is 228 g/mol. The second-order valence-corrected chi connectivity index (χ2v) is 3.51. The summed E-state index contributed by atoms with van der Waals surface area (Å²) in [7, 11) is 1.87. The van der Waals surface area contributed by atoms with Gasteiger partial charge in [0.1, 0.15) is 0 Å². The summed E-state index contributed by atoms with van der Waals surface area (Å²) in [5, 5.41) is 5.19. The first kappa shape index (κ1) is 11.2. The van der Waals surface area contributed by atoms with Crippen molar-refractivity contribution < 1.29 is 9.53 Å². The van der Waals surface area contributed by atoms with Crippen molar-refractivity contribution in [2.24, 2.45) is 7.05 Å². The number of aryl methyl sites for hydroxylation is 1. The quantitative estimate of drug-likeness (QED) is 0.548. The molecule has 0 aliphatic carbocycles. The van der Waals surface area contributed by atoms with E-state index in [0.717, 1.165) is 16.5 Å². The first-order valence-corrected chi connectivity index (χ1v) is 5.31. The summed E-state index contributed by atoms with van der Waals surface area (Å²) < 4.78 is 6.50. The van der Waals surface area contributed by atoms with Gasteiger partial charge in [-0.05, 0) is 25.1 Å². The lowest BCUT2D eigenvalue weighted by molar-refractivity contribution is -0.136. The Kier molecular flexibility index (Phi) is 3.10. The fraction of sp³-hybridized carbons (Fsp3) is 0.231. The molecule has 0 aliphatic heterocycles. The van der Waals surface area contributed by atoms with E-state index in [9.17, 15) is 4.79 Å². The number of ether oxygens (including phenoxy) is 1. The summed E-state index contributed by atoms with van der Waals surface area (Å²) in [5.74, 6) is 4.71. The maximum absolute atomic E-state index is 11.1. The minimum Gasteiger partial charge on any atom is -0.456 e. The van der Waals surface area contributed by atoms with Crippen molar-refractivity contribution in [3.8, 4) is 11.8 Å². The smallest absolute Gasteiger partial charge is 0.384 e. The van der Waals surface area contributed by atoms with Crippen LogP contribution in [0.3, 0.4) is 0 Å². The lowest BCUT2D eigenvalue weighted by Crippen LogP contribution is -1.99. The molecule has 86 valence electrons. The Morgan fingerprint density at radius 1 is 1.53 bits per heavy atom. The SMILES string of the molecule is CCOC(=O)C#Cc1ccc2cnn(C)c2c1. The number of aromatic nitrogens is 2. The number of rotatable bonds is 1. The topological polar surface area (TPSA) is 44.1 Å². The van der Waals surface area contributed by atoms with Crippen LogP contribution in [0.15, 0.2) is 24.4 Å². The van der Waals surface area contributed by atoms with Crippen LogP contribution in [-0.2, 0) is 16.6 Å². The van der Waals surface area contributed by atoms with Crippen LogP contribution in [0.2, 0.25) is 0 Å². The third-order valence-corrected chi connectivity index (χ3v) is 2.33. The first-order chi connectivity index (χ1) is 8.20. The predicted octanol–water partition coefficient (Wildman–Crippen LogP) is 1.49. The van der Waals surface area contributed by atoms with Crippen LogP contribution in [-0.4, -0.2) is 22.4 Å². The minimum atomic E-state index is -0.502. The van der Waals surface area contributed by atoms with E-state index >= 15 is 0 Å². The van der Waals surface area contributed by atoms with Crippen molar-refractivity contribution >= 4 is 16.9 Å². The van der Waals surface area contributed by atoms with Gasteiger partial charge in [-0.3, -0.25) is 4.68 Å². The second-order valence-electron chi connectivity index (χ2n) is 3.51. The fourth-order valence-electron chi connectivity index (χ4n) is 1.51. The van der Waals surface area contributed by atoms with E-state index in [1.54, 1.807) is 17.8 Å². The number of carbonyl (C=O) groups excluding carboxylic acids is 1. The molecule has 1 heterocycles. The largest absolute Gasteiger partial charge is 0.456 e. The van der Waals surface area contributed by atoms with Crippen molar-refractivity contribution in [3.05, 3.63) is 30.0 Å². The van der Waals surface area contributed by atoms with Crippen molar-refractivity contribution in [1.82, 2.24) is 9.78 Å². The Bertz CT molecular complexity index is 617. The molecule has 0 aliphatic rings. The molecular formula is C13H12N2O2. The van der Waals surface area contributed by atoms with Gasteiger partial charge < -0.3 is 4.74 Å². The normalized spacial score (nSPS) is 9.76. The highest BCUT2D eigenvalue weighted by Crippen LogP contribution is 2.13. The number of hydrogen-bond acceptors (Lipinski definition) is 3. The molecule has 0 saturated carbocycles. The number of carbonyl (C=O) groups is 1. The predicted molar refractivity (Wildman–Crippen MR) is 64.2 cm³/mol. The Labute approximate surface area is 99.2 Å². The van der Waals surface area contributed by atoms with Crippen LogP contribution in [0.4, 0.5) is 0 Å². The van der Waals surface area contributed by atoms with Gasteiger partial charge >= 0.3 is 5.97 Å². The van der Waals surface area contributed by atoms with Crippen LogP contribution < -0.4 is 0 Å². The Morgan fingerprint density at radius 2 is 2.35 bits per heavy atom. The molecule has 4 nitrogen and oxygen atoms in total. The summed E-state index contributed by atoms with van der Waals surface area (Å²) in [6.45, 7) is 2.09. The van der Waals surface area contributed by atoms with Gasteiger partial charge in [0.15, 0.2) is 0 Å². The summed E-state index contributed by atoms with van der Waals surface area (Å²) >= 11 is 0. The van der Waals surface area contributed by atoms with E-state index in [0.29, 0.717) is 6.61 Å². The average Bonchev–Trinajstić information content (AvgIpc) is 2.69. The number of hydrogen-bond donors (Lipinski definition) is 0. The highest BCUT2D eigenvalue weighted by molar-refractivity contribution is 5.89. The first-order valence-electron chi connectivity index (χ1n) is 5.31. The van der Waals surface area contributed by atoms with Crippen molar-refractivity contribution in [3.63, 3.8) is 0 Å². The molecule has 0 spiro atoms. The Balaban J connectivity index is 2.30. The highest BCUT2D eigenvalue weighted by Gasteiger charge is 1.99. The van der Waals surface area contributed by atoms with Crippen LogP contribution in [0.1, 0.15) is 12.5 Å². The van der Waals surface area contributed by atoms with Crippen LogP contribution in [0, 0.1) is 11.8 Å². The van der Waals surface area contributed by atoms with Gasteiger partial charge in [0.05, 0.1) is 18.3 Å². The lowest BCUT2D eigenvalue weighted by Gasteiger charge is -1.95. The van der Waals surface area contributed by atoms with Crippen LogP contribution >= 0.6 is 0 Å². The summed E-state index contributed by atoms with van der Waals surface area (Å²) in [4.78, 5) is 11.1. The van der Waals surface area contributed by atoms with E-state index in [-0.39, 0.29) is 0 Å². The number of benzene rings is 1. The maximum Gasteiger partial charge on any atom is 0.384 e. The lowest BCUT2D eigenvalue weighted by atomic mass is 10.2. The molecule has 0 fully saturated rings. The van der Waals surface area contributed by atoms with Gasteiger partial charge in [-0.15, -0.1) is 0 Å².